The van der Waals surface area contributed by atoms with Gasteiger partial charge in [-0.05, 0) is 119 Å². The van der Waals surface area contributed by atoms with Crippen molar-refractivity contribution in [2.24, 2.45) is 0 Å². The molecule has 0 aliphatic rings. The van der Waals surface area contributed by atoms with Gasteiger partial charge >= 0.3 is 0 Å². The van der Waals surface area contributed by atoms with Gasteiger partial charge in [0.2, 0.25) is 0 Å². The van der Waals surface area contributed by atoms with Crippen LogP contribution in [0.2, 0.25) is 0 Å². The maximum atomic E-state index is 5.26. The first-order valence-corrected chi connectivity index (χ1v) is 21.5. The van der Waals surface area contributed by atoms with E-state index in [0.29, 0.717) is 23.3 Å². The molecule has 298 valence electrons. The smallest absolute Gasteiger partial charge is 0.164 e. The number of hydrogen-bond acceptors (Lipinski definition) is 5. The topological polar surface area (TPSA) is 64.5 Å². The van der Waals surface area contributed by atoms with E-state index >= 15 is 0 Å². The Morgan fingerprint density at radius 2 is 0.641 bits per heavy atom. The Morgan fingerprint density at radius 3 is 1.22 bits per heavy atom. The number of hydrogen-bond donors (Lipinski definition) is 0. The highest BCUT2D eigenvalue weighted by molar-refractivity contribution is 6.13. The summed E-state index contributed by atoms with van der Waals surface area (Å²) < 4.78 is 0. The molecule has 0 saturated carbocycles. The molecule has 12 aromatic rings. The first-order chi connectivity index (χ1) is 31.7. The minimum atomic E-state index is 0.595. The van der Waals surface area contributed by atoms with Crippen molar-refractivity contribution >= 4 is 43.1 Å². The van der Waals surface area contributed by atoms with E-state index in [1.165, 1.54) is 32.7 Å². The van der Waals surface area contributed by atoms with E-state index in [2.05, 4.69) is 216 Å². The first-order valence-electron chi connectivity index (χ1n) is 21.5. The number of fused-ring (bicyclic) bond motifs is 5. The molecule has 10 aromatic carbocycles. The van der Waals surface area contributed by atoms with Gasteiger partial charge in [0.15, 0.2) is 23.3 Å². The highest BCUT2D eigenvalue weighted by atomic mass is 15.0. The van der Waals surface area contributed by atoms with Gasteiger partial charge in [-0.15, -0.1) is 0 Å². The highest BCUT2D eigenvalue weighted by Gasteiger charge is 2.17. The largest absolute Gasteiger partial charge is 0.237 e. The molecule has 5 heteroatoms. The predicted molar refractivity (Wildman–Crippen MR) is 263 cm³/mol. The van der Waals surface area contributed by atoms with Crippen molar-refractivity contribution in [1.29, 1.82) is 0 Å². The fraction of sp³-hybridized carbons (Fsp3) is 0. The molecule has 5 nitrogen and oxygen atoms in total. The standard InChI is InChI=1S/C59H37N5/c1-3-12-44-32-47(28-22-38(44)10-1)57-62-58(48-29-23-39-11-2-4-13-45(39)33-48)64-59(63-57)51-35-49(34-50(36-51)41-20-26-43(27-21-41)56-60-30-9-31-61-56)40-18-24-42(25-19-40)55-37-46-14-5-6-15-52(46)53-16-7-8-17-54(53)55/h1-37H. The summed E-state index contributed by atoms with van der Waals surface area (Å²) in [6, 6.07) is 75.1. The Balaban J connectivity index is 1.03. The molecule has 0 aliphatic heterocycles. The molecule has 0 N–H and O–H groups in total. The van der Waals surface area contributed by atoms with Crippen LogP contribution in [0.3, 0.4) is 0 Å². The van der Waals surface area contributed by atoms with E-state index in [-0.39, 0.29) is 0 Å². The van der Waals surface area contributed by atoms with Crippen LogP contribution in [0.15, 0.2) is 225 Å². The average Bonchev–Trinajstić information content (AvgIpc) is 3.38. The molecule has 0 atom stereocenters. The third kappa shape index (κ3) is 6.91. The zero-order chi connectivity index (χ0) is 42.4. The monoisotopic (exact) mass is 815 g/mol. The van der Waals surface area contributed by atoms with Crippen molar-refractivity contribution in [2.45, 2.75) is 0 Å². The first kappa shape index (κ1) is 37.1. The molecule has 12 rings (SSSR count). The molecular weight excluding hydrogens is 779 g/mol. The van der Waals surface area contributed by atoms with Crippen LogP contribution in [0.25, 0.3) is 122 Å². The Bertz CT molecular complexity index is 3620. The van der Waals surface area contributed by atoms with Gasteiger partial charge in [0.25, 0.3) is 0 Å². The van der Waals surface area contributed by atoms with Crippen LogP contribution in [0.4, 0.5) is 0 Å². The van der Waals surface area contributed by atoms with E-state index in [1.807, 2.05) is 6.07 Å². The molecular formula is C59H37N5. The van der Waals surface area contributed by atoms with Crippen LogP contribution in [0.5, 0.6) is 0 Å². The second-order valence-corrected chi connectivity index (χ2v) is 16.1. The highest BCUT2D eigenvalue weighted by Crippen LogP contribution is 2.38. The lowest BCUT2D eigenvalue weighted by molar-refractivity contribution is 1.08. The number of benzene rings is 10. The Morgan fingerprint density at radius 1 is 0.219 bits per heavy atom. The molecule has 0 amide bonds. The van der Waals surface area contributed by atoms with Crippen molar-refractivity contribution in [2.75, 3.05) is 0 Å². The fourth-order valence-electron chi connectivity index (χ4n) is 8.91. The molecule has 0 radical (unpaired) electrons. The van der Waals surface area contributed by atoms with Crippen molar-refractivity contribution in [3.63, 3.8) is 0 Å². The van der Waals surface area contributed by atoms with Crippen LogP contribution in [0.1, 0.15) is 0 Å². The Labute approximate surface area is 370 Å². The maximum absolute atomic E-state index is 5.26. The predicted octanol–water partition coefficient (Wildman–Crippen LogP) is 14.9. The number of rotatable bonds is 7. The molecule has 0 spiro atoms. The van der Waals surface area contributed by atoms with Crippen LogP contribution < -0.4 is 0 Å². The molecule has 0 bridgehead atoms. The van der Waals surface area contributed by atoms with Crippen molar-refractivity contribution in [3.8, 4) is 78.9 Å². The quantitative estimate of drug-likeness (QED) is 0.150. The molecule has 2 heterocycles. The minimum absolute atomic E-state index is 0.595. The normalized spacial score (nSPS) is 11.4. The van der Waals surface area contributed by atoms with Gasteiger partial charge in [0.1, 0.15) is 0 Å². The molecule has 0 unspecified atom stereocenters. The summed E-state index contributed by atoms with van der Waals surface area (Å²) in [5.74, 6) is 2.52. The van der Waals surface area contributed by atoms with E-state index in [1.54, 1.807) is 12.4 Å². The molecule has 2 aromatic heterocycles. The summed E-state index contributed by atoms with van der Waals surface area (Å²) in [5.41, 5.74) is 10.3. The fourth-order valence-corrected chi connectivity index (χ4v) is 8.91. The van der Waals surface area contributed by atoms with Crippen LogP contribution in [-0.2, 0) is 0 Å². The lowest BCUT2D eigenvalue weighted by Gasteiger charge is -2.14. The summed E-state index contributed by atoms with van der Waals surface area (Å²) in [6.07, 6.45) is 3.54. The third-order valence-corrected chi connectivity index (χ3v) is 12.2. The van der Waals surface area contributed by atoms with E-state index < -0.39 is 0 Å². The van der Waals surface area contributed by atoms with Gasteiger partial charge in [0, 0.05) is 34.6 Å². The Kier molecular flexibility index (Phi) is 9.08. The van der Waals surface area contributed by atoms with Gasteiger partial charge in [-0.3, -0.25) is 0 Å². The summed E-state index contributed by atoms with van der Waals surface area (Å²) in [4.78, 5) is 24.7. The van der Waals surface area contributed by atoms with Crippen molar-refractivity contribution in [1.82, 2.24) is 24.9 Å². The lowest BCUT2D eigenvalue weighted by atomic mass is 9.91. The number of nitrogens with zero attached hydrogens (tertiary/aromatic N) is 5. The second-order valence-electron chi connectivity index (χ2n) is 16.1. The zero-order valence-electron chi connectivity index (χ0n) is 34.6. The summed E-state index contributed by atoms with van der Waals surface area (Å²) >= 11 is 0. The van der Waals surface area contributed by atoms with Gasteiger partial charge < -0.3 is 0 Å². The van der Waals surface area contributed by atoms with Gasteiger partial charge in [-0.2, -0.15) is 0 Å². The van der Waals surface area contributed by atoms with E-state index in [4.69, 9.17) is 15.0 Å². The van der Waals surface area contributed by atoms with E-state index in [9.17, 15) is 0 Å². The maximum Gasteiger partial charge on any atom is 0.164 e. The molecule has 0 aliphatic carbocycles. The molecule has 64 heavy (non-hydrogen) atoms. The van der Waals surface area contributed by atoms with Crippen molar-refractivity contribution in [3.05, 3.63) is 225 Å². The summed E-state index contributed by atoms with van der Waals surface area (Å²) in [5, 5.41) is 9.57. The van der Waals surface area contributed by atoms with Gasteiger partial charge in [-0.25, -0.2) is 24.9 Å². The van der Waals surface area contributed by atoms with E-state index in [0.717, 1.165) is 66.1 Å². The van der Waals surface area contributed by atoms with Crippen LogP contribution in [-0.4, -0.2) is 24.9 Å². The summed E-state index contributed by atoms with van der Waals surface area (Å²) in [7, 11) is 0. The SMILES string of the molecule is c1cnc(-c2ccc(-c3cc(-c4ccc(-c5cc6ccccc6c6ccccc56)cc4)cc(-c4nc(-c5ccc6ccccc6c5)nc(-c5ccc6ccccc6c5)n4)c3)cc2)nc1. The van der Waals surface area contributed by atoms with Crippen LogP contribution in [0, 0.1) is 0 Å². The molecule has 0 fully saturated rings. The second kappa shape index (κ2) is 15.7. The third-order valence-electron chi connectivity index (χ3n) is 12.2. The van der Waals surface area contributed by atoms with Crippen molar-refractivity contribution < 1.29 is 0 Å². The zero-order valence-corrected chi connectivity index (χ0v) is 34.6. The lowest BCUT2D eigenvalue weighted by Crippen LogP contribution is -2.01. The van der Waals surface area contributed by atoms with Gasteiger partial charge in [0.05, 0.1) is 0 Å². The molecule has 0 saturated heterocycles. The number of aromatic nitrogens is 5. The average molecular weight is 816 g/mol. The van der Waals surface area contributed by atoms with Crippen LogP contribution >= 0.6 is 0 Å². The van der Waals surface area contributed by atoms with Gasteiger partial charge in [-0.1, -0.05) is 170 Å². The Hall–Kier alpha value is -8.67. The minimum Gasteiger partial charge on any atom is -0.237 e. The summed E-state index contributed by atoms with van der Waals surface area (Å²) in [6.45, 7) is 0.